The van der Waals surface area contributed by atoms with Crippen molar-refractivity contribution in [2.75, 3.05) is 5.73 Å². The normalized spacial score (nSPS) is 10.8. The Hall–Kier alpha value is -2.76. The van der Waals surface area contributed by atoms with E-state index in [9.17, 15) is 8.78 Å². The molecule has 1 aromatic heterocycles. The highest BCUT2D eigenvalue weighted by Crippen LogP contribution is 2.30. The third-order valence-corrected chi connectivity index (χ3v) is 3.13. The van der Waals surface area contributed by atoms with Crippen LogP contribution in [0.3, 0.4) is 0 Å². The van der Waals surface area contributed by atoms with Crippen molar-refractivity contribution in [1.82, 2.24) is 10.1 Å². The van der Waals surface area contributed by atoms with E-state index >= 15 is 0 Å². The second-order valence-corrected chi connectivity index (χ2v) is 4.59. The van der Waals surface area contributed by atoms with Gasteiger partial charge in [0.2, 0.25) is 5.82 Å². The van der Waals surface area contributed by atoms with Gasteiger partial charge >= 0.3 is 0 Å². The van der Waals surface area contributed by atoms with Crippen LogP contribution in [0.15, 0.2) is 40.9 Å². The van der Waals surface area contributed by atoms with E-state index in [1.165, 1.54) is 30.3 Å². The standard InChI is InChI=1S/C15H11F2N3O/c1-8-5-6-9(16)7-10(8)14-19-15(21-20-14)13-11(17)3-2-4-12(13)18/h2-7H,18H2,1H3. The predicted molar refractivity (Wildman–Crippen MR) is 74.2 cm³/mol. The Kier molecular flexibility index (Phi) is 3.13. The largest absolute Gasteiger partial charge is 0.398 e. The topological polar surface area (TPSA) is 64.9 Å². The van der Waals surface area contributed by atoms with Gasteiger partial charge in [-0.25, -0.2) is 8.78 Å². The van der Waals surface area contributed by atoms with Crippen LogP contribution in [0.2, 0.25) is 0 Å². The van der Waals surface area contributed by atoms with Crippen LogP contribution in [0.25, 0.3) is 22.8 Å². The van der Waals surface area contributed by atoms with Crippen LogP contribution in [0.4, 0.5) is 14.5 Å². The molecule has 2 aromatic carbocycles. The number of aromatic nitrogens is 2. The number of rotatable bonds is 2. The Morgan fingerprint density at radius 2 is 1.95 bits per heavy atom. The van der Waals surface area contributed by atoms with Gasteiger partial charge in [-0.15, -0.1) is 0 Å². The SMILES string of the molecule is Cc1ccc(F)cc1-c1noc(-c2c(N)cccc2F)n1. The number of hydrogen-bond acceptors (Lipinski definition) is 4. The number of benzene rings is 2. The molecule has 0 bridgehead atoms. The van der Waals surface area contributed by atoms with E-state index in [0.29, 0.717) is 5.56 Å². The maximum atomic E-state index is 13.8. The molecule has 1 heterocycles. The molecular formula is C15H11F2N3O. The Labute approximate surface area is 119 Å². The lowest BCUT2D eigenvalue weighted by Crippen LogP contribution is -1.93. The molecule has 0 atom stereocenters. The molecule has 2 N–H and O–H groups in total. The van der Waals surface area contributed by atoms with Gasteiger partial charge in [-0.2, -0.15) is 4.98 Å². The minimum absolute atomic E-state index is 0.0377. The van der Waals surface area contributed by atoms with Crippen LogP contribution in [0.5, 0.6) is 0 Å². The maximum absolute atomic E-state index is 13.8. The van der Waals surface area contributed by atoms with Crippen molar-refractivity contribution in [2.45, 2.75) is 6.92 Å². The summed E-state index contributed by atoms with van der Waals surface area (Å²) < 4.78 is 32.2. The van der Waals surface area contributed by atoms with Crippen molar-refractivity contribution >= 4 is 5.69 Å². The lowest BCUT2D eigenvalue weighted by molar-refractivity contribution is 0.430. The van der Waals surface area contributed by atoms with Crippen LogP contribution in [-0.2, 0) is 0 Å². The fourth-order valence-electron chi connectivity index (χ4n) is 2.04. The first kappa shape index (κ1) is 13.2. The van der Waals surface area contributed by atoms with Crippen molar-refractivity contribution in [3.63, 3.8) is 0 Å². The molecule has 0 radical (unpaired) electrons. The van der Waals surface area contributed by atoms with E-state index in [0.717, 1.165) is 5.56 Å². The molecule has 6 heteroatoms. The fraction of sp³-hybridized carbons (Fsp3) is 0.0667. The van der Waals surface area contributed by atoms with Gasteiger partial charge in [0.1, 0.15) is 11.6 Å². The number of halogens is 2. The smallest absolute Gasteiger partial charge is 0.263 e. The van der Waals surface area contributed by atoms with Crippen LogP contribution in [0, 0.1) is 18.6 Å². The highest BCUT2D eigenvalue weighted by atomic mass is 19.1. The molecule has 4 nitrogen and oxygen atoms in total. The van der Waals surface area contributed by atoms with Crippen molar-refractivity contribution < 1.29 is 13.3 Å². The maximum Gasteiger partial charge on any atom is 0.263 e. The van der Waals surface area contributed by atoms with Gasteiger partial charge in [0.05, 0.1) is 5.56 Å². The van der Waals surface area contributed by atoms with Crippen LogP contribution >= 0.6 is 0 Å². The molecule has 0 saturated carbocycles. The molecule has 3 aromatic rings. The second-order valence-electron chi connectivity index (χ2n) is 4.59. The minimum atomic E-state index is -0.554. The average Bonchev–Trinajstić information content (AvgIpc) is 2.90. The molecule has 0 aliphatic heterocycles. The summed E-state index contributed by atoms with van der Waals surface area (Å²) in [6.45, 7) is 1.79. The predicted octanol–water partition coefficient (Wildman–Crippen LogP) is 3.57. The molecule has 0 fully saturated rings. The summed E-state index contributed by atoms with van der Waals surface area (Å²) in [6.07, 6.45) is 0. The summed E-state index contributed by atoms with van der Waals surface area (Å²) in [5.41, 5.74) is 7.24. The molecule has 0 aliphatic rings. The number of nitrogens with zero attached hydrogens (tertiary/aromatic N) is 2. The Balaban J connectivity index is 2.10. The van der Waals surface area contributed by atoms with E-state index in [1.54, 1.807) is 13.0 Å². The van der Waals surface area contributed by atoms with Crippen molar-refractivity contribution in [1.29, 1.82) is 0 Å². The van der Waals surface area contributed by atoms with Gasteiger partial charge in [0.25, 0.3) is 5.89 Å². The Bertz CT molecular complexity index is 794. The van der Waals surface area contributed by atoms with Crippen molar-refractivity contribution in [3.8, 4) is 22.8 Å². The number of anilines is 1. The summed E-state index contributed by atoms with van der Waals surface area (Å²) >= 11 is 0. The van der Waals surface area contributed by atoms with Gasteiger partial charge < -0.3 is 10.3 Å². The zero-order chi connectivity index (χ0) is 15.0. The first-order valence-corrected chi connectivity index (χ1v) is 6.21. The fourth-order valence-corrected chi connectivity index (χ4v) is 2.04. The summed E-state index contributed by atoms with van der Waals surface area (Å²) in [4.78, 5) is 4.11. The molecule has 21 heavy (non-hydrogen) atoms. The number of nitrogen functional groups attached to an aromatic ring is 1. The molecule has 0 spiro atoms. The van der Waals surface area contributed by atoms with Crippen LogP contribution < -0.4 is 5.73 Å². The van der Waals surface area contributed by atoms with E-state index < -0.39 is 11.6 Å². The van der Waals surface area contributed by atoms with Crippen molar-refractivity contribution in [3.05, 3.63) is 53.6 Å². The minimum Gasteiger partial charge on any atom is -0.398 e. The summed E-state index contributed by atoms with van der Waals surface area (Å²) in [6, 6.07) is 8.53. The Morgan fingerprint density at radius 1 is 1.14 bits per heavy atom. The van der Waals surface area contributed by atoms with Gasteiger partial charge in [0.15, 0.2) is 0 Å². The van der Waals surface area contributed by atoms with Gasteiger partial charge in [-0.1, -0.05) is 17.3 Å². The average molecular weight is 287 g/mol. The molecule has 0 saturated heterocycles. The molecule has 3 rings (SSSR count). The molecule has 0 unspecified atom stereocenters. The van der Waals surface area contributed by atoms with Gasteiger partial charge in [-0.3, -0.25) is 0 Å². The highest BCUT2D eigenvalue weighted by molar-refractivity contribution is 5.72. The molecule has 0 aliphatic carbocycles. The van der Waals surface area contributed by atoms with Gasteiger partial charge in [0, 0.05) is 11.3 Å². The zero-order valence-electron chi connectivity index (χ0n) is 11.1. The highest BCUT2D eigenvalue weighted by Gasteiger charge is 2.18. The number of nitrogens with two attached hydrogens (primary N) is 1. The van der Waals surface area contributed by atoms with Crippen LogP contribution in [-0.4, -0.2) is 10.1 Å². The lowest BCUT2D eigenvalue weighted by Gasteiger charge is -2.01. The first-order chi connectivity index (χ1) is 10.1. The van der Waals surface area contributed by atoms with Crippen LogP contribution in [0.1, 0.15) is 5.56 Å². The third-order valence-electron chi connectivity index (χ3n) is 3.13. The molecular weight excluding hydrogens is 276 g/mol. The molecule has 0 amide bonds. The second kappa shape index (κ2) is 4.97. The van der Waals surface area contributed by atoms with E-state index in [-0.39, 0.29) is 23.0 Å². The monoisotopic (exact) mass is 287 g/mol. The molecule has 106 valence electrons. The summed E-state index contributed by atoms with van der Waals surface area (Å²) in [5, 5.41) is 3.77. The summed E-state index contributed by atoms with van der Waals surface area (Å²) in [5.74, 6) is -0.817. The number of aryl methyl sites for hydroxylation is 1. The van der Waals surface area contributed by atoms with E-state index in [1.807, 2.05) is 0 Å². The number of hydrogen-bond donors (Lipinski definition) is 1. The quantitative estimate of drug-likeness (QED) is 0.732. The summed E-state index contributed by atoms with van der Waals surface area (Å²) in [7, 11) is 0. The Morgan fingerprint density at radius 3 is 2.71 bits per heavy atom. The van der Waals surface area contributed by atoms with Gasteiger partial charge in [-0.05, 0) is 36.8 Å². The zero-order valence-corrected chi connectivity index (χ0v) is 11.1. The van der Waals surface area contributed by atoms with E-state index in [4.69, 9.17) is 10.3 Å². The van der Waals surface area contributed by atoms with E-state index in [2.05, 4.69) is 10.1 Å². The lowest BCUT2D eigenvalue weighted by atomic mass is 10.1. The van der Waals surface area contributed by atoms with Crippen molar-refractivity contribution in [2.24, 2.45) is 0 Å². The third kappa shape index (κ3) is 2.35. The first-order valence-electron chi connectivity index (χ1n) is 6.21.